The molecule has 2 aliphatic heterocycles. The average Bonchev–Trinajstić information content (AvgIpc) is 3.16. The number of aryl methyl sites for hydroxylation is 2. The summed E-state index contributed by atoms with van der Waals surface area (Å²) in [4.78, 5) is 16.5. The minimum absolute atomic E-state index is 0.0432. The van der Waals surface area contributed by atoms with Crippen molar-refractivity contribution in [1.82, 2.24) is 5.01 Å². The van der Waals surface area contributed by atoms with Gasteiger partial charge in [0.2, 0.25) is 5.17 Å². The second-order valence-corrected chi connectivity index (χ2v) is 9.21. The number of carbonyl (C=O) groups excluding carboxylic acids is 1. The van der Waals surface area contributed by atoms with Crippen LogP contribution in [-0.2, 0) is 4.79 Å². The Labute approximate surface area is 206 Å². The van der Waals surface area contributed by atoms with Crippen LogP contribution in [0, 0.1) is 19.3 Å². The summed E-state index contributed by atoms with van der Waals surface area (Å²) in [5, 5.41) is 15.4. The predicted molar refractivity (Wildman–Crippen MR) is 136 cm³/mol. The van der Waals surface area contributed by atoms with Crippen molar-refractivity contribution in [3.05, 3.63) is 57.6 Å². The summed E-state index contributed by atoms with van der Waals surface area (Å²) in [6.07, 6.45) is 1.54. The van der Waals surface area contributed by atoms with Gasteiger partial charge >= 0.3 is 0 Å². The van der Waals surface area contributed by atoms with E-state index in [-0.39, 0.29) is 18.0 Å². The smallest absolute Gasteiger partial charge is 0.283 e. The van der Waals surface area contributed by atoms with Crippen molar-refractivity contribution in [1.29, 1.82) is 5.41 Å². The fourth-order valence-electron chi connectivity index (χ4n) is 3.47. The molecule has 0 bridgehead atoms. The zero-order chi connectivity index (χ0) is 24.4. The zero-order valence-corrected chi connectivity index (χ0v) is 20.7. The Morgan fingerprint density at radius 2 is 1.88 bits per heavy atom. The molecule has 2 aromatic carbocycles. The minimum atomic E-state index is -0.507. The topological polar surface area (TPSA) is 96.6 Å². The summed E-state index contributed by atoms with van der Waals surface area (Å²) in [7, 11) is 1.50. The number of aliphatic imine (C=N–C) groups is 1. The van der Waals surface area contributed by atoms with E-state index in [2.05, 4.69) is 16.2 Å². The molecule has 0 fully saturated rings. The Morgan fingerprint density at radius 3 is 2.62 bits per heavy atom. The number of ether oxygens (including phenoxy) is 3. The number of hydrogen-bond donors (Lipinski definition) is 1. The minimum Gasteiger partial charge on any atom is -0.493 e. The molecule has 2 aliphatic rings. The van der Waals surface area contributed by atoms with E-state index in [4.69, 9.17) is 31.2 Å². The number of fused-ring (bicyclic) bond motifs is 1. The van der Waals surface area contributed by atoms with Crippen molar-refractivity contribution in [3.8, 4) is 17.2 Å². The second kappa shape index (κ2) is 9.90. The van der Waals surface area contributed by atoms with Gasteiger partial charge in [0.25, 0.3) is 5.91 Å². The molecule has 8 nitrogen and oxygen atoms in total. The van der Waals surface area contributed by atoms with Gasteiger partial charge in [-0.2, -0.15) is 15.1 Å². The molecule has 4 rings (SSSR count). The Bertz CT molecular complexity index is 1270. The molecule has 176 valence electrons. The summed E-state index contributed by atoms with van der Waals surface area (Å²) in [5.41, 5.74) is 2.91. The van der Waals surface area contributed by atoms with Gasteiger partial charge in [-0.1, -0.05) is 29.3 Å². The Kier molecular flexibility index (Phi) is 6.95. The number of thioether (sulfide) groups is 1. The number of halogens is 1. The predicted octanol–water partition coefficient (Wildman–Crippen LogP) is 5.06. The molecular formula is C24H23ClN4O4S. The standard InChI is InChI=1S/C24H23ClN4O4S/c1-13-5-6-19(14(2)9-13)32-7-8-33-21-18(25)11-16(12-20(21)31-4)10-17-22(26)29-24(27-23(17)30)34-15(3)28-29/h5-6,9-12,26H,7-8H2,1-4H3/b17-10-,26-22?. The Hall–Kier alpha value is -3.30. The molecule has 34 heavy (non-hydrogen) atoms. The zero-order valence-electron chi connectivity index (χ0n) is 19.1. The van der Waals surface area contributed by atoms with Crippen LogP contribution in [0.2, 0.25) is 5.02 Å². The first kappa shape index (κ1) is 23.8. The molecule has 2 aromatic rings. The van der Waals surface area contributed by atoms with E-state index in [1.54, 1.807) is 25.1 Å². The van der Waals surface area contributed by atoms with Gasteiger partial charge in [-0.15, -0.1) is 0 Å². The molecule has 0 aliphatic carbocycles. The fourth-order valence-corrected chi connectivity index (χ4v) is 4.48. The van der Waals surface area contributed by atoms with Crippen LogP contribution in [0.4, 0.5) is 0 Å². The molecule has 2 heterocycles. The molecular weight excluding hydrogens is 476 g/mol. The van der Waals surface area contributed by atoms with E-state index in [9.17, 15) is 4.79 Å². The average molecular weight is 499 g/mol. The van der Waals surface area contributed by atoms with Gasteiger partial charge < -0.3 is 14.2 Å². The maximum absolute atomic E-state index is 12.5. The van der Waals surface area contributed by atoms with E-state index in [1.165, 1.54) is 29.4 Å². The molecule has 0 saturated carbocycles. The van der Waals surface area contributed by atoms with Crippen molar-refractivity contribution in [2.24, 2.45) is 10.1 Å². The lowest BCUT2D eigenvalue weighted by Crippen LogP contribution is -2.35. The van der Waals surface area contributed by atoms with Gasteiger partial charge in [0.15, 0.2) is 17.3 Å². The number of amidine groups is 2. The van der Waals surface area contributed by atoms with Crippen LogP contribution in [-0.4, -0.2) is 47.3 Å². The summed E-state index contributed by atoms with van der Waals surface area (Å²) < 4.78 is 17.1. The number of hydrogen-bond acceptors (Lipinski definition) is 7. The van der Waals surface area contributed by atoms with Crippen molar-refractivity contribution < 1.29 is 19.0 Å². The van der Waals surface area contributed by atoms with Crippen LogP contribution in [0.3, 0.4) is 0 Å². The third kappa shape index (κ3) is 4.95. The lowest BCUT2D eigenvalue weighted by molar-refractivity contribution is -0.114. The second-order valence-electron chi connectivity index (χ2n) is 7.64. The van der Waals surface area contributed by atoms with Crippen molar-refractivity contribution in [2.75, 3.05) is 20.3 Å². The molecule has 0 spiro atoms. The van der Waals surface area contributed by atoms with Crippen molar-refractivity contribution in [3.63, 3.8) is 0 Å². The van der Waals surface area contributed by atoms with Crippen molar-refractivity contribution >= 4 is 51.4 Å². The van der Waals surface area contributed by atoms with Gasteiger partial charge in [0, 0.05) is 0 Å². The molecule has 0 atom stereocenters. The lowest BCUT2D eigenvalue weighted by atomic mass is 10.1. The van der Waals surface area contributed by atoms with E-state index in [0.717, 1.165) is 11.3 Å². The first-order chi connectivity index (χ1) is 16.3. The van der Waals surface area contributed by atoms with Gasteiger partial charge in [0.1, 0.15) is 19.0 Å². The highest BCUT2D eigenvalue weighted by Crippen LogP contribution is 2.37. The third-order valence-electron chi connectivity index (χ3n) is 5.04. The third-order valence-corrected chi connectivity index (χ3v) is 6.14. The quantitative estimate of drug-likeness (QED) is 0.423. The van der Waals surface area contributed by atoms with Crippen molar-refractivity contribution in [2.45, 2.75) is 20.8 Å². The number of nitrogens with zero attached hydrogens (tertiary/aromatic N) is 3. The van der Waals surface area contributed by atoms with Crippen LogP contribution in [0.15, 0.2) is 46.0 Å². The number of carbonyl (C=O) groups is 1. The SMILES string of the molecule is COc1cc(/C=C2/C(=N)N3N=C(C)SC3=NC2=O)cc(Cl)c1OCCOc1ccc(C)cc1C. The monoisotopic (exact) mass is 498 g/mol. The van der Waals surface area contributed by atoms with Gasteiger partial charge in [0.05, 0.1) is 22.7 Å². The van der Waals surface area contributed by atoms with Crippen LogP contribution in [0.5, 0.6) is 17.2 Å². The number of amides is 1. The molecule has 10 heteroatoms. The molecule has 0 radical (unpaired) electrons. The van der Waals surface area contributed by atoms with E-state index >= 15 is 0 Å². The molecule has 0 aromatic heterocycles. The summed E-state index contributed by atoms with van der Waals surface area (Å²) in [6, 6.07) is 9.32. The first-order valence-electron chi connectivity index (χ1n) is 10.4. The van der Waals surface area contributed by atoms with Crippen LogP contribution >= 0.6 is 23.4 Å². The van der Waals surface area contributed by atoms with Crippen LogP contribution in [0.25, 0.3) is 6.08 Å². The highest BCUT2D eigenvalue weighted by atomic mass is 35.5. The number of benzene rings is 2. The number of rotatable bonds is 7. The largest absolute Gasteiger partial charge is 0.493 e. The van der Waals surface area contributed by atoms with Gasteiger partial charge in [-0.3, -0.25) is 10.2 Å². The Balaban J connectivity index is 1.49. The highest BCUT2D eigenvalue weighted by molar-refractivity contribution is 8.26. The maximum atomic E-state index is 12.5. The molecule has 0 unspecified atom stereocenters. The number of hydrazone groups is 1. The van der Waals surface area contributed by atoms with Gasteiger partial charge in [-0.25, -0.2) is 0 Å². The molecule has 0 saturated heterocycles. The maximum Gasteiger partial charge on any atom is 0.283 e. The summed E-state index contributed by atoms with van der Waals surface area (Å²) in [6.45, 7) is 6.41. The number of methoxy groups -OCH3 is 1. The van der Waals surface area contributed by atoms with Crippen LogP contribution in [0.1, 0.15) is 23.6 Å². The highest BCUT2D eigenvalue weighted by Gasteiger charge is 2.34. The van der Waals surface area contributed by atoms with Gasteiger partial charge in [-0.05, 0) is 67.9 Å². The summed E-state index contributed by atoms with van der Waals surface area (Å²) in [5.74, 6) is 1.02. The van der Waals surface area contributed by atoms with E-state index in [0.29, 0.717) is 38.9 Å². The molecule has 1 amide bonds. The van der Waals surface area contributed by atoms with Crippen LogP contribution < -0.4 is 14.2 Å². The number of nitrogens with one attached hydrogen (secondary N) is 1. The summed E-state index contributed by atoms with van der Waals surface area (Å²) >= 11 is 7.73. The van der Waals surface area contributed by atoms with E-state index < -0.39 is 5.91 Å². The fraction of sp³-hybridized carbons (Fsp3) is 0.250. The normalized spacial score (nSPS) is 16.4. The van der Waals surface area contributed by atoms with E-state index in [1.807, 2.05) is 26.0 Å². The lowest BCUT2D eigenvalue weighted by Gasteiger charge is -2.20. The Morgan fingerprint density at radius 1 is 1.12 bits per heavy atom. The first-order valence-corrected chi connectivity index (χ1v) is 11.6. The molecule has 1 N–H and O–H groups in total.